The van der Waals surface area contributed by atoms with Crippen molar-refractivity contribution in [3.63, 3.8) is 0 Å². The maximum Gasteiger partial charge on any atom is 0.150 e. The van der Waals surface area contributed by atoms with E-state index in [0.717, 1.165) is 34.8 Å². The highest BCUT2D eigenvalue weighted by atomic mass is 16.1. The summed E-state index contributed by atoms with van der Waals surface area (Å²) >= 11 is 0. The van der Waals surface area contributed by atoms with Crippen molar-refractivity contribution in [1.29, 1.82) is 0 Å². The molecule has 0 N–H and O–H groups in total. The predicted octanol–water partition coefficient (Wildman–Crippen LogP) is 3.62. The van der Waals surface area contributed by atoms with Gasteiger partial charge in [0.1, 0.15) is 12.6 Å². The van der Waals surface area contributed by atoms with Crippen molar-refractivity contribution >= 4 is 12.6 Å². The Bertz CT molecular complexity index is 481. The Hall–Kier alpha value is -2.22. The molecule has 2 aromatic carbocycles. The average Bonchev–Trinajstić information content (AvgIpc) is 2.41. The zero-order valence-electron chi connectivity index (χ0n) is 10.6. The molecule has 92 valence electrons. The normalized spacial score (nSPS) is 9.00. The minimum atomic E-state index is 0.775. The van der Waals surface area contributed by atoms with Crippen LogP contribution in [0.5, 0.6) is 0 Å². The van der Waals surface area contributed by atoms with E-state index in [2.05, 4.69) is 0 Å². The molecule has 0 aliphatic heterocycles. The van der Waals surface area contributed by atoms with Crippen LogP contribution in [-0.2, 0) is 0 Å². The van der Waals surface area contributed by atoms with Gasteiger partial charge in [0.25, 0.3) is 0 Å². The lowest BCUT2D eigenvalue weighted by molar-refractivity contribution is 0.111. The number of aryl methyl sites for hydroxylation is 2. The maximum absolute atomic E-state index is 10.2. The topological polar surface area (TPSA) is 34.1 Å². The monoisotopic (exact) mass is 240 g/mol. The van der Waals surface area contributed by atoms with Crippen LogP contribution in [-0.4, -0.2) is 12.6 Å². The van der Waals surface area contributed by atoms with Crippen LogP contribution in [0.25, 0.3) is 0 Å². The van der Waals surface area contributed by atoms with Gasteiger partial charge in [-0.05, 0) is 25.0 Å². The van der Waals surface area contributed by atoms with Gasteiger partial charge >= 0.3 is 0 Å². The standard InChI is InChI=1S/2C8H8O/c2*1-7-4-2-3-5-8(7)6-9/h2*2-6H,1H3. The lowest BCUT2D eigenvalue weighted by Crippen LogP contribution is -1.82. The van der Waals surface area contributed by atoms with Gasteiger partial charge in [0.05, 0.1) is 0 Å². The first-order chi connectivity index (χ1) is 8.69. The minimum absolute atomic E-state index is 0.775. The second-order valence-electron chi connectivity index (χ2n) is 3.95. The first-order valence-electron chi connectivity index (χ1n) is 5.70. The molecular weight excluding hydrogens is 224 g/mol. The lowest BCUT2D eigenvalue weighted by Gasteiger charge is -1.92. The molecule has 0 spiro atoms. The van der Waals surface area contributed by atoms with Crippen molar-refractivity contribution in [2.75, 3.05) is 0 Å². The fourth-order valence-corrected chi connectivity index (χ4v) is 1.44. The van der Waals surface area contributed by atoms with E-state index in [-0.39, 0.29) is 0 Å². The maximum atomic E-state index is 10.2. The van der Waals surface area contributed by atoms with Gasteiger partial charge in [-0.15, -0.1) is 0 Å². The van der Waals surface area contributed by atoms with Gasteiger partial charge in [-0.1, -0.05) is 48.5 Å². The Morgan fingerprint density at radius 2 is 1.00 bits per heavy atom. The number of rotatable bonds is 2. The Morgan fingerprint density at radius 1 is 0.667 bits per heavy atom. The van der Waals surface area contributed by atoms with Crippen molar-refractivity contribution in [1.82, 2.24) is 0 Å². The number of hydrogen-bond donors (Lipinski definition) is 0. The zero-order chi connectivity index (χ0) is 13.4. The van der Waals surface area contributed by atoms with Crippen LogP contribution >= 0.6 is 0 Å². The molecule has 0 unspecified atom stereocenters. The molecule has 2 heteroatoms. The van der Waals surface area contributed by atoms with Crippen molar-refractivity contribution in [3.8, 4) is 0 Å². The Morgan fingerprint density at radius 3 is 1.22 bits per heavy atom. The second kappa shape index (κ2) is 7.17. The molecule has 0 aliphatic rings. The van der Waals surface area contributed by atoms with Crippen LogP contribution < -0.4 is 0 Å². The number of benzene rings is 2. The summed E-state index contributed by atoms with van der Waals surface area (Å²) in [4.78, 5) is 20.5. The predicted molar refractivity (Wildman–Crippen MR) is 73.1 cm³/mol. The average molecular weight is 240 g/mol. The molecular formula is C16H16O2. The summed E-state index contributed by atoms with van der Waals surface area (Å²) in [5.41, 5.74) is 3.62. The molecule has 0 saturated heterocycles. The summed E-state index contributed by atoms with van der Waals surface area (Å²) in [5, 5.41) is 0. The molecule has 0 saturated carbocycles. The van der Waals surface area contributed by atoms with Gasteiger partial charge in [0, 0.05) is 11.1 Å². The molecule has 0 aliphatic carbocycles. The van der Waals surface area contributed by atoms with Gasteiger partial charge in [-0.2, -0.15) is 0 Å². The molecule has 2 rings (SSSR count). The van der Waals surface area contributed by atoms with Gasteiger partial charge < -0.3 is 0 Å². The molecule has 18 heavy (non-hydrogen) atoms. The molecule has 0 atom stereocenters. The Balaban J connectivity index is 0.000000180. The second-order valence-corrected chi connectivity index (χ2v) is 3.95. The van der Waals surface area contributed by atoms with E-state index in [9.17, 15) is 9.59 Å². The van der Waals surface area contributed by atoms with E-state index in [4.69, 9.17) is 0 Å². The molecule has 0 bridgehead atoms. The highest BCUT2D eigenvalue weighted by Crippen LogP contribution is 2.02. The summed E-state index contributed by atoms with van der Waals surface area (Å²) < 4.78 is 0. The molecule has 0 heterocycles. The summed E-state index contributed by atoms with van der Waals surface area (Å²) in [7, 11) is 0. The van der Waals surface area contributed by atoms with Gasteiger partial charge in [0.15, 0.2) is 0 Å². The van der Waals surface area contributed by atoms with Crippen LogP contribution in [0, 0.1) is 13.8 Å². The van der Waals surface area contributed by atoms with Crippen LogP contribution in [0.4, 0.5) is 0 Å². The van der Waals surface area contributed by atoms with Crippen LogP contribution in [0.15, 0.2) is 48.5 Å². The highest BCUT2D eigenvalue weighted by molar-refractivity contribution is 5.77. The van der Waals surface area contributed by atoms with E-state index < -0.39 is 0 Å². The molecule has 2 nitrogen and oxygen atoms in total. The first-order valence-corrected chi connectivity index (χ1v) is 5.70. The number of aldehydes is 2. The van der Waals surface area contributed by atoms with E-state index in [1.54, 1.807) is 0 Å². The summed E-state index contributed by atoms with van der Waals surface area (Å²) in [6.07, 6.45) is 1.74. The third-order valence-corrected chi connectivity index (χ3v) is 2.63. The lowest BCUT2D eigenvalue weighted by atomic mass is 10.1. The molecule has 2 aromatic rings. The summed E-state index contributed by atoms with van der Waals surface area (Å²) in [6.45, 7) is 3.84. The van der Waals surface area contributed by atoms with Crippen molar-refractivity contribution < 1.29 is 9.59 Å². The fraction of sp³-hybridized carbons (Fsp3) is 0.125. The van der Waals surface area contributed by atoms with E-state index in [1.165, 1.54) is 0 Å². The Labute approximate surface area is 107 Å². The SMILES string of the molecule is Cc1ccccc1C=O.Cc1ccccc1C=O. The third kappa shape index (κ3) is 3.98. The molecule has 0 amide bonds. The van der Waals surface area contributed by atoms with Crippen LogP contribution in [0.3, 0.4) is 0 Å². The largest absolute Gasteiger partial charge is 0.298 e. The minimum Gasteiger partial charge on any atom is -0.298 e. The van der Waals surface area contributed by atoms with Crippen LogP contribution in [0.1, 0.15) is 31.8 Å². The highest BCUT2D eigenvalue weighted by Gasteiger charge is 1.90. The summed E-state index contributed by atoms with van der Waals surface area (Å²) in [6, 6.07) is 15.0. The van der Waals surface area contributed by atoms with Crippen molar-refractivity contribution in [3.05, 3.63) is 70.8 Å². The number of carbonyl (C=O) groups is 2. The number of carbonyl (C=O) groups excluding carboxylic acids is 2. The van der Waals surface area contributed by atoms with E-state index >= 15 is 0 Å². The van der Waals surface area contributed by atoms with Crippen molar-refractivity contribution in [2.24, 2.45) is 0 Å². The smallest absolute Gasteiger partial charge is 0.150 e. The third-order valence-electron chi connectivity index (χ3n) is 2.63. The molecule has 0 radical (unpaired) electrons. The van der Waals surface area contributed by atoms with E-state index in [0.29, 0.717) is 0 Å². The van der Waals surface area contributed by atoms with Gasteiger partial charge in [-0.25, -0.2) is 0 Å². The van der Waals surface area contributed by atoms with Gasteiger partial charge in [0.2, 0.25) is 0 Å². The van der Waals surface area contributed by atoms with Gasteiger partial charge in [-0.3, -0.25) is 9.59 Å². The van der Waals surface area contributed by atoms with Crippen LogP contribution in [0.2, 0.25) is 0 Å². The Kier molecular flexibility index (Phi) is 5.52. The van der Waals surface area contributed by atoms with E-state index in [1.807, 2.05) is 62.4 Å². The molecule has 0 fully saturated rings. The van der Waals surface area contributed by atoms with Crippen molar-refractivity contribution in [2.45, 2.75) is 13.8 Å². The molecule has 0 aromatic heterocycles. The number of hydrogen-bond acceptors (Lipinski definition) is 2. The summed E-state index contributed by atoms with van der Waals surface area (Å²) in [5.74, 6) is 0. The first kappa shape index (κ1) is 13.8. The quantitative estimate of drug-likeness (QED) is 0.751. The zero-order valence-corrected chi connectivity index (χ0v) is 10.6. The fourth-order valence-electron chi connectivity index (χ4n) is 1.44.